The van der Waals surface area contributed by atoms with E-state index in [0.29, 0.717) is 34.6 Å². The minimum absolute atomic E-state index is 0.0369. The van der Waals surface area contributed by atoms with Gasteiger partial charge in [-0.15, -0.1) is 17.9 Å². The molecule has 0 N–H and O–H groups in total. The number of fused-ring (bicyclic) bond motifs is 1. The summed E-state index contributed by atoms with van der Waals surface area (Å²) in [6, 6.07) is 7.96. The Morgan fingerprint density at radius 1 is 1.21 bits per heavy atom. The average Bonchev–Trinajstić information content (AvgIpc) is 3.28. The number of aromatic nitrogens is 4. The van der Waals surface area contributed by atoms with Crippen LogP contribution in [-0.4, -0.2) is 19.7 Å². The van der Waals surface area contributed by atoms with Crippen LogP contribution in [0.15, 0.2) is 51.4 Å². The first kappa shape index (κ1) is 19.6. The Morgan fingerprint density at radius 3 is 2.69 bits per heavy atom. The summed E-state index contributed by atoms with van der Waals surface area (Å²) in [4.78, 5) is 24.1. The molecule has 29 heavy (non-hydrogen) atoms. The molecule has 3 aromatic heterocycles. The Labute approximate surface area is 176 Å². The van der Waals surface area contributed by atoms with Crippen LogP contribution >= 0.6 is 23.1 Å². The van der Waals surface area contributed by atoms with E-state index in [4.69, 9.17) is 9.51 Å². The zero-order chi connectivity index (χ0) is 20.5. The molecule has 0 aliphatic carbocycles. The van der Waals surface area contributed by atoms with Crippen LogP contribution in [0.2, 0.25) is 0 Å². The van der Waals surface area contributed by atoms with Crippen LogP contribution in [0.4, 0.5) is 0 Å². The first-order valence-electron chi connectivity index (χ1n) is 9.11. The van der Waals surface area contributed by atoms with Gasteiger partial charge in [-0.2, -0.15) is 4.98 Å². The van der Waals surface area contributed by atoms with Crippen molar-refractivity contribution in [3.05, 3.63) is 69.2 Å². The smallest absolute Gasteiger partial charge is 0.263 e. The van der Waals surface area contributed by atoms with Crippen molar-refractivity contribution in [2.75, 3.05) is 0 Å². The van der Waals surface area contributed by atoms with Crippen molar-refractivity contribution in [1.82, 2.24) is 19.7 Å². The molecular formula is C21H20N4O2S2. The molecule has 4 rings (SSSR count). The van der Waals surface area contributed by atoms with Crippen molar-refractivity contribution in [2.24, 2.45) is 0 Å². The van der Waals surface area contributed by atoms with E-state index in [9.17, 15) is 4.79 Å². The van der Waals surface area contributed by atoms with Gasteiger partial charge >= 0.3 is 0 Å². The molecule has 0 fully saturated rings. The maximum atomic E-state index is 13.0. The van der Waals surface area contributed by atoms with E-state index in [1.165, 1.54) is 17.3 Å². The van der Waals surface area contributed by atoms with Crippen molar-refractivity contribution in [1.29, 1.82) is 0 Å². The number of aryl methyl sites for hydroxylation is 3. The molecular weight excluding hydrogens is 404 g/mol. The SMILES string of the molecule is C=CCn1c(SCc2nc(-c3ccc(C)cc3)no2)nc2sc(C)c(C)c2c1=O. The van der Waals surface area contributed by atoms with Gasteiger partial charge in [0.15, 0.2) is 5.16 Å². The fraction of sp³-hybridized carbons (Fsp3) is 0.238. The summed E-state index contributed by atoms with van der Waals surface area (Å²) in [6.07, 6.45) is 1.70. The van der Waals surface area contributed by atoms with E-state index in [1.54, 1.807) is 22.0 Å². The average molecular weight is 425 g/mol. The molecule has 0 amide bonds. The maximum absolute atomic E-state index is 13.0. The van der Waals surface area contributed by atoms with Crippen molar-refractivity contribution in [3.8, 4) is 11.4 Å². The van der Waals surface area contributed by atoms with Gasteiger partial charge in [0.05, 0.1) is 11.1 Å². The molecule has 0 aliphatic heterocycles. The summed E-state index contributed by atoms with van der Waals surface area (Å²) in [5.74, 6) is 1.47. The lowest BCUT2D eigenvalue weighted by Gasteiger charge is -2.09. The van der Waals surface area contributed by atoms with Crippen molar-refractivity contribution < 1.29 is 4.52 Å². The van der Waals surface area contributed by atoms with Gasteiger partial charge in [0.1, 0.15) is 4.83 Å². The van der Waals surface area contributed by atoms with Gasteiger partial charge in [-0.1, -0.05) is 52.8 Å². The van der Waals surface area contributed by atoms with Gasteiger partial charge < -0.3 is 4.52 Å². The first-order valence-corrected chi connectivity index (χ1v) is 10.9. The highest BCUT2D eigenvalue weighted by atomic mass is 32.2. The van der Waals surface area contributed by atoms with Gasteiger partial charge in [0, 0.05) is 17.0 Å². The van der Waals surface area contributed by atoms with Crippen LogP contribution in [0.5, 0.6) is 0 Å². The van der Waals surface area contributed by atoms with Crippen LogP contribution in [0.3, 0.4) is 0 Å². The molecule has 6 nitrogen and oxygen atoms in total. The number of thiophene rings is 1. The topological polar surface area (TPSA) is 73.8 Å². The third kappa shape index (κ3) is 3.77. The maximum Gasteiger partial charge on any atom is 0.263 e. The number of nitrogens with zero attached hydrogens (tertiary/aromatic N) is 4. The second kappa shape index (κ2) is 7.96. The normalized spacial score (nSPS) is 11.3. The number of hydrogen-bond acceptors (Lipinski definition) is 7. The highest BCUT2D eigenvalue weighted by molar-refractivity contribution is 7.98. The zero-order valence-electron chi connectivity index (χ0n) is 16.4. The summed E-state index contributed by atoms with van der Waals surface area (Å²) in [5.41, 5.74) is 3.04. The molecule has 1 aromatic carbocycles. The third-order valence-corrected chi connectivity index (χ3v) is 6.73. The molecule has 0 spiro atoms. The van der Waals surface area contributed by atoms with E-state index in [0.717, 1.165) is 20.8 Å². The quantitative estimate of drug-likeness (QED) is 0.249. The van der Waals surface area contributed by atoms with Crippen LogP contribution < -0.4 is 5.56 Å². The van der Waals surface area contributed by atoms with E-state index in [2.05, 4.69) is 16.7 Å². The summed E-state index contributed by atoms with van der Waals surface area (Å²) < 4.78 is 7.05. The predicted molar refractivity (Wildman–Crippen MR) is 118 cm³/mol. The molecule has 0 aliphatic rings. The Balaban J connectivity index is 1.63. The van der Waals surface area contributed by atoms with Gasteiger partial charge in [-0.25, -0.2) is 4.98 Å². The lowest BCUT2D eigenvalue weighted by Crippen LogP contribution is -2.22. The standard InChI is InChI=1S/C21H20N4O2S2/c1-5-10-25-20(26)17-13(3)14(4)29-19(17)23-21(25)28-11-16-22-18(24-27-16)15-8-6-12(2)7-9-15/h5-9H,1,10-11H2,2-4H3. The fourth-order valence-corrected chi connectivity index (χ4v) is 4.89. The number of allylic oxidation sites excluding steroid dienone is 1. The summed E-state index contributed by atoms with van der Waals surface area (Å²) in [5, 5.41) is 5.38. The molecule has 4 aromatic rings. The zero-order valence-corrected chi connectivity index (χ0v) is 18.1. The van der Waals surface area contributed by atoms with E-state index >= 15 is 0 Å². The second-order valence-electron chi connectivity index (χ2n) is 6.73. The van der Waals surface area contributed by atoms with E-state index < -0.39 is 0 Å². The van der Waals surface area contributed by atoms with Crippen molar-refractivity contribution >= 4 is 33.3 Å². The molecule has 0 atom stereocenters. The number of hydrogen-bond donors (Lipinski definition) is 0. The Morgan fingerprint density at radius 2 is 1.97 bits per heavy atom. The number of thioether (sulfide) groups is 1. The van der Waals surface area contributed by atoms with Crippen LogP contribution in [-0.2, 0) is 12.3 Å². The van der Waals surface area contributed by atoms with Gasteiger partial charge in [0.2, 0.25) is 11.7 Å². The van der Waals surface area contributed by atoms with Gasteiger partial charge in [0.25, 0.3) is 5.56 Å². The summed E-state index contributed by atoms with van der Waals surface area (Å²) in [6.45, 7) is 10.2. The fourth-order valence-electron chi connectivity index (χ4n) is 2.97. The molecule has 0 saturated carbocycles. The third-order valence-electron chi connectivity index (χ3n) is 4.67. The first-order chi connectivity index (χ1) is 14.0. The molecule has 0 bridgehead atoms. The van der Waals surface area contributed by atoms with Gasteiger partial charge in [-0.3, -0.25) is 9.36 Å². The van der Waals surface area contributed by atoms with Crippen LogP contribution in [0, 0.1) is 20.8 Å². The molecule has 0 saturated heterocycles. The van der Waals surface area contributed by atoms with Crippen molar-refractivity contribution in [2.45, 2.75) is 38.2 Å². The summed E-state index contributed by atoms with van der Waals surface area (Å²) >= 11 is 2.95. The second-order valence-corrected chi connectivity index (χ2v) is 8.87. The molecule has 0 radical (unpaired) electrons. The minimum atomic E-state index is -0.0369. The van der Waals surface area contributed by atoms with Gasteiger partial charge in [-0.05, 0) is 26.3 Å². The molecule has 8 heteroatoms. The number of benzene rings is 1. The van der Waals surface area contributed by atoms with E-state index in [1.807, 2.05) is 45.0 Å². The molecule has 148 valence electrons. The Bertz CT molecular complexity index is 1250. The number of rotatable bonds is 6. The lowest BCUT2D eigenvalue weighted by molar-refractivity contribution is 0.391. The molecule has 3 heterocycles. The largest absolute Gasteiger partial charge is 0.338 e. The van der Waals surface area contributed by atoms with Crippen LogP contribution in [0.25, 0.3) is 21.6 Å². The monoisotopic (exact) mass is 424 g/mol. The predicted octanol–water partition coefficient (Wildman–Crippen LogP) is 4.91. The van der Waals surface area contributed by atoms with Crippen molar-refractivity contribution in [3.63, 3.8) is 0 Å². The Hall–Kier alpha value is -2.71. The highest BCUT2D eigenvalue weighted by Gasteiger charge is 2.17. The Kier molecular flexibility index (Phi) is 5.38. The lowest BCUT2D eigenvalue weighted by atomic mass is 10.1. The highest BCUT2D eigenvalue weighted by Crippen LogP contribution is 2.29. The van der Waals surface area contributed by atoms with E-state index in [-0.39, 0.29) is 5.56 Å². The summed E-state index contributed by atoms with van der Waals surface area (Å²) in [7, 11) is 0. The molecule has 0 unspecified atom stereocenters. The minimum Gasteiger partial charge on any atom is -0.338 e. The van der Waals surface area contributed by atoms with Crippen LogP contribution in [0.1, 0.15) is 21.9 Å².